The molecule has 0 radical (unpaired) electrons. The normalized spacial score (nSPS) is 52.6. The van der Waals surface area contributed by atoms with Gasteiger partial charge in [-0.1, -0.05) is 11.6 Å². The topological polar surface area (TPSA) is 55.7 Å². The Hall–Kier alpha value is -1.52. The molecule has 8 atom stereocenters. The van der Waals surface area contributed by atoms with E-state index in [4.69, 9.17) is 0 Å². The molecule has 1 aromatic rings. The van der Waals surface area contributed by atoms with Crippen LogP contribution in [0.5, 0.6) is 5.75 Å². The largest absolute Gasteiger partial charge is 0.508 e. The lowest BCUT2D eigenvalue weighted by Crippen LogP contribution is -2.66. The van der Waals surface area contributed by atoms with E-state index in [-0.39, 0.29) is 17.6 Å². The third kappa shape index (κ3) is 1.20. The number of hydrogen-bond donors (Lipinski definition) is 3. The minimum Gasteiger partial charge on any atom is -0.508 e. The van der Waals surface area contributed by atoms with Crippen LogP contribution in [0.25, 0.3) is 0 Å². The quantitative estimate of drug-likeness (QED) is 0.505. The molecule has 6 aliphatic rings. The van der Waals surface area contributed by atoms with Crippen molar-refractivity contribution in [3.05, 3.63) is 35.4 Å². The van der Waals surface area contributed by atoms with Crippen LogP contribution in [0.15, 0.2) is 29.8 Å². The van der Waals surface area contributed by atoms with Crippen LogP contribution in [0.2, 0.25) is 0 Å². The summed E-state index contributed by atoms with van der Waals surface area (Å²) in [6, 6.07) is 6.91. The van der Waals surface area contributed by atoms with E-state index >= 15 is 0 Å². The number of nitrogens with one attached hydrogen (secondary N) is 1. The van der Waals surface area contributed by atoms with E-state index in [0.29, 0.717) is 29.7 Å². The van der Waals surface area contributed by atoms with Crippen LogP contribution in [0, 0.1) is 11.8 Å². The van der Waals surface area contributed by atoms with Crippen LogP contribution in [-0.4, -0.2) is 45.9 Å². The SMILES string of the molecule is C/C=C1\CN2C3C[C@@H]1[C@@H]1[C@@H](O)C4(C[C@@H]12)c1cc(O)ccc1N[C@@H]34. The van der Waals surface area contributed by atoms with E-state index in [0.717, 1.165) is 30.6 Å². The minimum absolute atomic E-state index is 0.206. The van der Waals surface area contributed by atoms with Crippen molar-refractivity contribution >= 4 is 5.69 Å². The highest BCUT2D eigenvalue weighted by molar-refractivity contribution is 5.67. The number of anilines is 1. The Bertz CT molecular complexity index is 760. The number of phenolic OH excluding ortho intramolecular Hbond substituents is 1. The number of phenols is 1. The van der Waals surface area contributed by atoms with Gasteiger partial charge in [-0.25, -0.2) is 0 Å². The van der Waals surface area contributed by atoms with E-state index in [2.05, 4.69) is 23.2 Å². The van der Waals surface area contributed by atoms with Crippen molar-refractivity contribution in [1.82, 2.24) is 4.90 Å². The van der Waals surface area contributed by atoms with Gasteiger partial charge in [-0.15, -0.1) is 0 Å². The first-order valence-corrected chi connectivity index (χ1v) is 8.84. The summed E-state index contributed by atoms with van der Waals surface area (Å²) in [7, 11) is 0. The molecular formula is C19H22N2O2. The van der Waals surface area contributed by atoms with Crippen LogP contribution in [-0.2, 0) is 5.41 Å². The minimum atomic E-state index is -0.316. The first-order chi connectivity index (χ1) is 11.1. The fourth-order valence-electron chi connectivity index (χ4n) is 6.90. The number of nitrogens with zero attached hydrogens (tertiary/aromatic N) is 1. The lowest BCUT2D eigenvalue weighted by Gasteiger charge is -2.57. The smallest absolute Gasteiger partial charge is 0.116 e. The van der Waals surface area contributed by atoms with Gasteiger partial charge in [-0.2, -0.15) is 0 Å². The Morgan fingerprint density at radius 2 is 2.22 bits per heavy atom. The van der Waals surface area contributed by atoms with Crippen molar-refractivity contribution in [3.8, 4) is 5.75 Å². The molecule has 120 valence electrons. The highest BCUT2D eigenvalue weighted by Gasteiger charge is 2.73. The highest BCUT2D eigenvalue weighted by Crippen LogP contribution is 2.66. The zero-order valence-electron chi connectivity index (χ0n) is 13.2. The van der Waals surface area contributed by atoms with Gasteiger partial charge in [0.15, 0.2) is 0 Å². The third-order valence-electron chi connectivity index (χ3n) is 7.66. The van der Waals surface area contributed by atoms with E-state index < -0.39 is 0 Å². The van der Waals surface area contributed by atoms with Gasteiger partial charge in [-0.05, 0) is 49.4 Å². The number of hydrogen-bond acceptors (Lipinski definition) is 4. The fraction of sp³-hybridized carbons (Fsp3) is 0.579. The predicted molar refractivity (Wildman–Crippen MR) is 87.5 cm³/mol. The van der Waals surface area contributed by atoms with Crippen molar-refractivity contribution in [2.24, 2.45) is 11.8 Å². The highest BCUT2D eigenvalue weighted by atomic mass is 16.3. The van der Waals surface area contributed by atoms with Gasteiger partial charge in [-0.3, -0.25) is 4.90 Å². The molecule has 0 amide bonds. The Balaban J connectivity index is 1.59. The molecule has 1 aliphatic carbocycles. The average Bonchev–Trinajstić information content (AvgIpc) is 3.01. The third-order valence-corrected chi connectivity index (χ3v) is 7.66. The van der Waals surface area contributed by atoms with Crippen LogP contribution < -0.4 is 5.32 Å². The van der Waals surface area contributed by atoms with Gasteiger partial charge in [0.2, 0.25) is 0 Å². The number of allylic oxidation sites excluding steroid dienone is 1. The molecule has 1 aromatic carbocycles. The molecular weight excluding hydrogens is 288 g/mol. The second-order valence-corrected chi connectivity index (χ2v) is 8.13. The Labute approximate surface area is 135 Å². The molecule has 4 saturated heterocycles. The van der Waals surface area contributed by atoms with Gasteiger partial charge >= 0.3 is 0 Å². The first kappa shape index (κ1) is 12.8. The molecule has 5 heterocycles. The maximum absolute atomic E-state index is 11.4. The Morgan fingerprint density at radius 1 is 1.35 bits per heavy atom. The second-order valence-electron chi connectivity index (χ2n) is 8.13. The van der Waals surface area contributed by atoms with Crippen LogP contribution in [0.3, 0.4) is 0 Å². The lowest BCUT2D eigenvalue weighted by atomic mass is 9.65. The van der Waals surface area contributed by atoms with E-state index in [1.54, 1.807) is 6.07 Å². The Morgan fingerprint density at radius 3 is 3.04 bits per heavy atom. The number of piperidine rings is 4. The van der Waals surface area contributed by atoms with Crippen molar-refractivity contribution in [1.29, 1.82) is 0 Å². The van der Waals surface area contributed by atoms with Crippen LogP contribution in [0.4, 0.5) is 5.69 Å². The molecule has 1 saturated carbocycles. The van der Waals surface area contributed by atoms with E-state index in [9.17, 15) is 10.2 Å². The fourth-order valence-corrected chi connectivity index (χ4v) is 6.90. The molecule has 1 spiro atoms. The van der Waals surface area contributed by atoms with Crippen molar-refractivity contribution in [2.45, 2.75) is 49.4 Å². The number of fused-ring (bicyclic) bond motifs is 2. The summed E-state index contributed by atoms with van der Waals surface area (Å²) in [5, 5.41) is 25.2. The molecule has 0 aromatic heterocycles. The standard InChI is InChI=1S/C19H22N2O2/c1-2-9-8-21-14-6-11(9)16-15(21)7-19(18(16)23)12-5-10(22)3-4-13(12)20-17(14)19/h2-5,11,14-18,20,22-23H,6-8H2,1H3/b9-2+/t11-,14?,15-,16-,17-,18+,19?/m0/s1. The van der Waals surface area contributed by atoms with Gasteiger partial charge in [0.05, 0.1) is 12.1 Å². The van der Waals surface area contributed by atoms with Crippen molar-refractivity contribution < 1.29 is 10.2 Å². The molecule has 4 heteroatoms. The monoisotopic (exact) mass is 310 g/mol. The second kappa shape index (κ2) is 3.76. The number of rotatable bonds is 0. The van der Waals surface area contributed by atoms with Crippen molar-refractivity contribution in [3.63, 3.8) is 0 Å². The van der Waals surface area contributed by atoms with Crippen LogP contribution in [0.1, 0.15) is 25.3 Å². The van der Waals surface area contributed by atoms with E-state index in [1.807, 2.05) is 12.1 Å². The summed E-state index contributed by atoms with van der Waals surface area (Å²) in [5.74, 6) is 1.21. The van der Waals surface area contributed by atoms with Gasteiger partial charge in [0.1, 0.15) is 5.75 Å². The predicted octanol–water partition coefficient (Wildman–Crippen LogP) is 1.84. The molecule has 3 N–H and O–H groups in total. The maximum Gasteiger partial charge on any atom is 0.116 e. The molecule has 7 rings (SSSR count). The number of aliphatic hydroxyl groups excluding tert-OH is 1. The molecule has 3 unspecified atom stereocenters. The van der Waals surface area contributed by atoms with Gasteiger partial charge < -0.3 is 15.5 Å². The maximum atomic E-state index is 11.4. The molecule has 5 fully saturated rings. The summed E-state index contributed by atoms with van der Waals surface area (Å²) in [4.78, 5) is 2.66. The summed E-state index contributed by atoms with van der Waals surface area (Å²) in [5.41, 5.74) is 3.58. The zero-order chi connectivity index (χ0) is 15.5. The summed E-state index contributed by atoms with van der Waals surface area (Å²) < 4.78 is 0. The molecule has 5 bridgehead atoms. The number of benzene rings is 1. The van der Waals surface area contributed by atoms with Gasteiger partial charge in [0.25, 0.3) is 0 Å². The van der Waals surface area contributed by atoms with E-state index in [1.165, 1.54) is 5.57 Å². The summed E-state index contributed by atoms with van der Waals surface area (Å²) >= 11 is 0. The Kier molecular flexibility index (Phi) is 2.10. The molecule has 5 aliphatic heterocycles. The summed E-state index contributed by atoms with van der Waals surface area (Å²) in [6.07, 6.45) is 4.15. The molecule has 23 heavy (non-hydrogen) atoms. The van der Waals surface area contributed by atoms with Crippen LogP contribution >= 0.6 is 0 Å². The number of aromatic hydroxyl groups is 1. The summed E-state index contributed by atoms with van der Waals surface area (Å²) in [6.45, 7) is 3.22. The average molecular weight is 310 g/mol. The molecule has 4 nitrogen and oxygen atoms in total. The van der Waals surface area contributed by atoms with Gasteiger partial charge in [0, 0.05) is 35.6 Å². The number of aliphatic hydroxyl groups is 1. The first-order valence-electron chi connectivity index (χ1n) is 8.84. The lowest BCUT2D eigenvalue weighted by molar-refractivity contribution is -0.0318. The zero-order valence-corrected chi connectivity index (χ0v) is 13.2. The van der Waals surface area contributed by atoms with Crippen molar-refractivity contribution in [2.75, 3.05) is 11.9 Å².